The molecule has 0 unspecified atom stereocenters. The highest BCUT2D eigenvalue weighted by molar-refractivity contribution is 9.10. The summed E-state index contributed by atoms with van der Waals surface area (Å²) in [6, 6.07) is 10.3. The summed E-state index contributed by atoms with van der Waals surface area (Å²) >= 11 is 3.42. The van der Waals surface area contributed by atoms with E-state index in [0.29, 0.717) is 5.69 Å². The van der Waals surface area contributed by atoms with E-state index in [1.807, 2.05) is 39.8 Å². The first-order chi connectivity index (χ1) is 11.2. The average molecular weight is 390 g/mol. The molecule has 0 aliphatic rings. The lowest BCUT2D eigenvalue weighted by Gasteiger charge is -2.20. The molecule has 1 heterocycles. The molecule has 0 bridgehead atoms. The Bertz CT molecular complexity index is 782. The fraction of sp³-hybridized carbons (Fsp3) is 0.278. The SMILES string of the molecule is Cc1cc(NC(=O)c2cccc(C(=O)NC(C)(C)C)n2)ccc1Br. The van der Waals surface area contributed by atoms with Crippen molar-refractivity contribution in [3.8, 4) is 0 Å². The standard InChI is InChI=1S/C18H20BrN3O2/c1-11-10-12(8-9-13(11)19)20-16(23)14-6-5-7-15(21-14)17(24)22-18(2,3)4/h5-10H,1-4H3,(H,20,23)(H,22,24). The number of aromatic nitrogens is 1. The highest BCUT2D eigenvalue weighted by Crippen LogP contribution is 2.20. The van der Waals surface area contributed by atoms with Crippen molar-refractivity contribution in [3.05, 3.63) is 57.8 Å². The first-order valence-corrected chi connectivity index (χ1v) is 8.32. The van der Waals surface area contributed by atoms with E-state index in [2.05, 4.69) is 31.5 Å². The Kier molecular flexibility index (Phi) is 5.39. The number of amides is 2. The molecule has 2 amide bonds. The largest absolute Gasteiger partial charge is 0.346 e. The van der Waals surface area contributed by atoms with Crippen LogP contribution in [0.5, 0.6) is 0 Å². The van der Waals surface area contributed by atoms with Crippen molar-refractivity contribution >= 4 is 33.4 Å². The molecule has 24 heavy (non-hydrogen) atoms. The summed E-state index contributed by atoms with van der Waals surface area (Å²) in [4.78, 5) is 28.7. The molecule has 2 N–H and O–H groups in total. The van der Waals surface area contributed by atoms with Crippen LogP contribution < -0.4 is 10.6 Å². The molecule has 126 valence electrons. The molecule has 0 aliphatic heterocycles. The zero-order valence-corrected chi connectivity index (χ0v) is 15.7. The van der Waals surface area contributed by atoms with Crippen LogP contribution >= 0.6 is 15.9 Å². The van der Waals surface area contributed by atoms with E-state index in [9.17, 15) is 9.59 Å². The van der Waals surface area contributed by atoms with Crippen molar-refractivity contribution in [2.45, 2.75) is 33.2 Å². The third-order valence-corrected chi connectivity index (χ3v) is 4.01. The molecule has 0 spiro atoms. The molecule has 0 atom stereocenters. The first kappa shape index (κ1) is 18.1. The van der Waals surface area contributed by atoms with Gasteiger partial charge in [-0.15, -0.1) is 0 Å². The van der Waals surface area contributed by atoms with Gasteiger partial charge in [-0.25, -0.2) is 4.98 Å². The Hall–Kier alpha value is -2.21. The number of pyridine rings is 1. The highest BCUT2D eigenvalue weighted by Gasteiger charge is 2.17. The van der Waals surface area contributed by atoms with Crippen molar-refractivity contribution < 1.29 is 9.59 Å². The van der Waals surface area contributed by atoms with E-state index < -0.39 is 0 Å². The van der Waals surface area contributed by atoms with Gasteiger partial charge in [0, 0.05) is 15.7 Å². The van der Waals surface area contributed by atoms with E-state index in [1.165, 1.54) is 0 Å². The summed E-state index contributed by atoms with van der Waals surface area (Å²) in [5, 5.41) is 5.61. The number of hydrogen-bond acceptors (Lipinski definition) is 3. The minimum atomic E-state index is -0.369. The quantitative estimate of drug-likeness (QED) is 0.834. The fourth-order valence-electron chi connectivity index (χ4n) is 2.01. The number of benzene rings is 1. The highest BCUT2D eigenvalue weighted by atomic mass is 79.9. The molecule has 1 aromatic heterocycles. The van der Waals surface area contributed by atoms with Gasteiger partial charge in [0.2, 0.25) is 0 Å². The predicted molar refractivity (Wildman–Crippen MR) is 98.3 cm³/mol. The van der Waals surface area contributed by atoms with E-state index in [-0.39, 0.29) is 28.7 Å². The summed E-state index contributed by atoms with van der Waals surface area (Å²) in [5.74, 6) is -0.668. The number of aryl methyl sites for hydroxylation is 1. The second-order valence-corrected chi connectivity index (χ2v) is 7.38. The maximum Gasteiger partial charge on any atom is 0.274 e. The summed E-state index contributed by atoms with van der Waals surface area (Å²) in [6.07, 6.45) is 0. The lowest BCUT2D eigenvalue weighted by molar-refractivity contribution is 0.0914. The van der Waals surface area contributed by atoms with Crippen molar-refractivity contribution in [1.82, 2.24) is 10.3 Å². The number of rotatable bonds is 3. The second kappa shape index (κ2) is 7.13. The second-order valence-electron chi connectivity index (χ2n) is 6.53. The van der Waals surface area contributed by atoms with Gasteiger partial charge in [-0.1, -0.05) is 22.0 Å². The van der Waals surface area contributed by atoms with Gasteiger partial charge < -0.3 is 10.6 Å². The van der Waals surface area contributed by atoms with Crippen LogP contribution in [0.25, 0.3) is 0 Å². The summed E-state index contributed by atoms with van der Waals surface area (Å²) in [6.45, 7) is 7.60. The maximum absolute atomic E-state index is 12.4. The Morgan fingerprint density at radius 1 is 1.04 bits per heavy atom. The van der Waals surface area contributed by atoms with Crippen LogP contribution in [0, 0.1) is 6.92 Å². The third kappa shape index (κ3) is 4.89. The maximum atomic E-state index is 12.4. The average Bonchev–Trinajstić information content (AvgIpc) is 2.49. The number of hydrogen-bond donors (Lipinski definition) is 2. The van der Waals surface area contributed by atoms with Crippen molar-refractivity contribution in [2.24, 2.45) is 0 Å². The number of nitrogens with one attached hydrogen (secondary N) is 2. The van der Waals surface area contributed by atoms with Crippen LogP contribution in [0.2, 0.25) is 0 Å². The van der Waals surface area contributed by atoms with Crippen molar-refractivity contribution in [1.29, 1.82) is 0 Å². The smallest absolute Gasteiger partial charge is 0.274 e. The normalized spacial score (nSPS) is 11.0. The molecule has 2 rings (SSSR count). The van der Waals surface area contributed by atoms with E-state index in [0.717, 1.165) is 10.0 Å². The van der Waals surface area contributed by atoms with E-state index in [4.69, 9.17) is 0 Å². The molecule has 2 aromatic rings. The molecule has 1 aromatic carbocycles. The molecule has 5 nitrogen and oxygen atoms in total. The Balaban J connectivity index is 2.16. The molecule has 0 aliphatic carbocycles. The van der Waals surface area contributed by atoms with E-state index >= 15 is 0 Å². The van der Waals surface area contributed by atoms with Gasteiger partial charge in [0.15, 0.2) is 0 Å². The number of carbonyl (C=O) groups is 2. The number of anilines is 1. The van der Waals surface area contributed by atoms with Crippen molar-refractivity contribution in [2.75, 3.05) is 5.32 Å². The molecular formula is C18H20BrN3O2. The van der Waals surface area contributed by atoms with Gasteiger partial charge in [-0.05, 0) is 63.6 Å². The summed E-state index contributed by atoms with van der Waals surface area (Å²) in [5.41, 5.74) is 1.72. The Morgan fingerprint density at radius 2 is 1.67 bits per heavy atom. The summed E-state index contributed by atoms with van der Waals surface area (Å²) < 4.78 is 0.972. The molecule has 0 saturated carbocycles. The van der Waals surface area contributed by atoms with Crippen LogP contribution in [0.15, 0.2) is 40.9 Å². The Labute approximate surface area is 150 Å². The van der Waals surface area contributed by atoms with Crippen LogP contribution in [0.1, 0.15) is 47.3 Å². The monoisotopic (exact) mass is 389 g/mol. The fourth-order valence-corrected chi connectivity index (χ4v) is 2.26. The first-order valence-electron chi connectivity index (χ1n) is 7.53. The van der Waals surface area contributed by atoms with Crippen LogP contribution in [0.3, 0.4) is 0 Å². The topological polar surface area (TPSA) is 71.1 Å². The molecule has 6 heteroatoms. The number of nitrogens with zero attached hydrogens (tertiary/aromatic N) is 1. The number of carbonyl (C=O) groups excluding carboxylic acids is 2. The van der Waals surface area contributed by atoms with Gasteiger partial charge in [0.25, 0.3) is 11.8 Å². The van der Waals surface area contributed by atoms with Crippen LogP contribution in [0.4, 0.5) is 5.69 Å². The predicted octanol–water partition coefficient (Wildman–Crippen LogP) is 3.93. The lowest BCUT2D eigenvalue weighted by Crippen LogP contribution is -2.41. The van der Waals surface area contributed by atoms with Gasteiger partial charge in [0.1, 0.15) is 11.4 Å². The molecule has 0 fully saturated rings. The van der Waals surface area contributed by atoms with E-state index in [1.54, 1.807) is 24.3 Å². The molecule has 0 saturated heterocycles. The molecular weight excluding hydrogens is 370 g/mol. The zero-order valence-electron chi connectivity index (χ0n) is 14.1. The van der Waals surface area contributed by atoms with Gasteiger partial charge >= 0.3 is 0 Å². The summed E-state index contributed by atoms with van der Waals surface area (Å²) in [7, 11) is 0. The lowest BCUT2D eigenvalue weighted by atomic mass is 10.1. The van der Waals surface area contributed by atoms with Gasteiger partial charge in [-0.3, -0.25) is 9.59 Å². The van der Waals surface area contributed by atoms with Crippen LogP contribution in [-0.2, 0) is 0 Å². The minimum absolute atomic E-state index is 0.192. The van der Waals surface area contributed by atoms with Crippen molar-refractivity contribution in [3.63, 3.8) is 0 Å². The van der Waals surface area contributed by atoms with Gasteiger partial charge in [0.05, 0.1) is 0 Å². The zero-order chi connectivity index (χ0) is 17.9. The third-order valence-electron chi connectivity index (χ3n) is 3.12. The minimum Gasteiger partial charge on any atom is -0.346 e. The Morgan fingerprint density at radius 3 is 2.25 bits per heavy atom. The molecule has 0 radical (unpaired) electrons. The van der Waals surface area contributed by atoms with Crippen LogP contribution in [-0.4, -0.2) is 22.3 Å². The van der Waals surface area contributed by atoms with Gasteiger partial charge in [-0.2, -0.15) is 0 Å². The number of halogens is 1.